The van der Waals surface area contributed by atoms with E-state index < -0.39 is 0 Å². The Balaban J connectivity index is 1.43. The van der Waals surface area contributed by atoms with Crippen LogP contribution in [0.3, 0.4) is 0 Å². The molecule has 4 aliphatic rings. The van der Waals surface area contributed by atoms with Gasteiger partial charge in [-0.15, -0.1) is 0 Å². The first-order valence-corrected chi connectivity index (χ1v) is 11.5. The van der Waals surface area contributed by atoms with Crippen molar-refractivity contribution >= 4 is 10.8 Å². The van der Waals surface area contributed by atoms with Crippen LogP contribution in [-0.4, -0.2) is 6.23 Å². The minimum absolute atomic E-state index is 0.0596. The Morgan fingerprint density at radius 2 is 1.70 bits per heavy atom. The van der Waals surface area contributed by atoms with E-state index in [-0.39, 0.29) is 12.3 Å². The molecule has 1 N–H and O–H groups in total. The van der Waals surface area contributed by atoms with Gasteiger partial charge in [0, 0.05) is 17.5 Å². The molecule has 3 aliphatic carbocycles. The summed E-state index contributed by atoms with van der Waals surface area (Å²) in [6.45, 7) is 7.23. The van der Waals surface area contributed by atoms with Crippen molar-refractivity contribution in [3.63, 3.8) is 0 Å². The molecule has 3 saturated carbocycles. The van der Waals surface area contributed by atoms with E-state index in [4.69, 9.17) is 4.74 Å². The van der Waals surface area contributed by atoms with Crippen LogP contribution in [0.1, 0.15) is 56.7 Å². The number of ether oxygens (including phenoxy) is 1. The molecule has 3 aromatic rings. The minimum atomic E-state index is 0.0596. The largest absolute Gasteiger partial charge is 0.475 e. The first-order chi connectivity index (χ1) is 14.5. The highest BCUT2D eigenvalue weighted by Crippen LogP contribution is 2.68. The summed E-state index contributed by atoms with van der Waals surface area (Å²) in [7, 11) is 0. The molecule has 0 saturated heterocycles. The topological polar surface area (TPSA) is 21.3 Å². The number of fused-ring (bicyclic) bond motifs is 3. The molecular formula is C28H31NO. The summed E-state index contributed by atoms with van der Waals surface area (Å²) >= 11 is 0. The molecule has 0 aromatic heterocycles. The molecule has 0 radical (unpaired) electrons. The lowest BCUT2D eigenvalue weighted by molar-refractivity contribution is -0.157. The zero-order chi connectivity index (χ0) is 20.5. The van der Waals surface area contributed by atoms with Crippen LogP contribution >= 0.6 is 0 Å². The van der Waals surface area contributed by atoms with Gasteiger partial charge in [0.25, 0.3) is 0 Å². The lowest BCUT2D eigenvalue weighted by atomic mass is 9.42. The van der Waals surface area contributed by atoms with Gasteiger partial charge in [-0.1, -0.05) is 74.5 Å². The van der Waals surface area contributed by atoms with Crippen LogP contribution in [-0.2, 0) is 0 Å². The standard InChI is InChI=1S/C28H31NO/c1-17(18-9-5-4-6-10-18)29-27-26-22(15-20-16-23(26)28(20,2)3)25-21-12-8-7-11-19(21)13-14-24(25)30-27/h4-14,17,20,22-23,26-27,29H,15-16H2,1-3H3/t17-,20-,22+,23+,26+,27+/m1/s1. The van der Waals surface area contributed by atoms with Crippen molar-refractivity contribution in [2.45, 2.75) is 51.8 Å². The second-order valence-corrected chi connectivity index (χ2v) is 10.3. The number of nitrogens with one attached hydrogen (secondary N) is 1. The van der Waals surface area contributed by atoms with Gasteiger partial charge in [-0.25, -0.2) is 0 Å². The number of hydrogen-bond acceptors (Lipinski definition) is 2. The molecule has 7 rings (SSSR count). The van der Waals surface area contributed by atoms with Crippen LogP contribution in [0.5, 0.6) is 5.75 Å². The summed E-state index contributed by atoms with van der Waals surface area (Å²) in [6.07, 6.45) is 2.70. The van der Waals surface area contributed by atoms with E-state index >= 15 is 0 Å². The Morgan fingerprint density at radius 3 is 2.50 bits per heavy atom. The van der Waals surface area contributed by atoms with E-state index in [0.717, 1.165) is 11.7 Å². The molecule has 0 unspecified atom stereocenters. The molecule has 1 heterocycles. The predicted molar refractivity (Wildman–Crippen MR) is 123 cm³/mol. The van der Waals surface area contributed by atoms with Crippen LogP contribution in [0.15, 0.2) is 66.7 Å². The second kappa shape index (κ2) is 6.59. The van der Waals surface area contributed by atoms with Gasteiger partial charge in [-0.05, 0) is 65.3 Å². The molecule has 2 nitrogen and oxygen atoms in total. The monoisotopic (exact) mass is 397 g/mol. The molecule has 154 valence electrons. The molecular weight excluding hydrogens is 366 g/mol. The first kappa shape index (κ1) is 18.4. The normalized spacial score (nSPS) is 31.8. The van der Waals surface area contributed by atoms with Crippen LogP contribution in [0.25, 0.3) is 10.8 Å². The van der Waals surface area contributed by atoms with Crippen molar-refractivity contribution in [2.75, 3.05) is 0 Å². The van der Waals surface area contributed by atoms with Crippen molar-refractivity contribution in [3.05, 3.63) is 77.9 Å². The van der Waals surface area contributed by atoms with Crippen LogP contribution in [0.4, 0.5) is 0 Å². The van der Waals surface area contributed by atoms with E-state index in [0.29, 0.717) is 23.2 Å². The Morgan fingerprint density at radius 1 is 0.933 bits per heavy atom. The summed E-state index contributed by atoms with van der Waals surface area (Å²) < 4.78 is 6.78. The van der Waals surface area contributed by atoms with E-state index in [9.17, 15) is 0 Å². The molecule has 30 heavy (non-hydrogen) atoms. The Labute approximate surface area is 179 Å². The van der Waals surface area contributed by atoms with Crippen LogP contribution < -0.4 is 10.1 Å². The highest BCUT2D eigenvalue weighted by atomic mass is 16.5. The van der Waals surface area contributed by atoms with Crippen molar-refractivity contribution in [2.24, 2.45) is 23.2 Å². The lowest BCUT2D eigenvalue weighted by Gasteiger charge is -2.65. The lowest BCUT2D eigenvalue weighted by Crippen LogP contribution is -2.62. The molecule has 3 aromatic carbocycles. The summed E-state index contributed by atoms with van der Waals surface area (Å²) in [5.41, 5.74) is 3.21. The highest BCUT2D eigenvalue weighted by molar-refractivity contribution is 5.88. The third-order valence-electron chi connectivity index (χ3n) is 8.63. The fourth-order valence-corrected chi connectivity index (χ4v) is 6.79. The summed E-state index contributed by atoms with van der Waals surface area (Å²) in [5, 5.41) is 6.62. The highest BCUT2D eigenvalue weighted by Gasteiger charge is 2.61. The summed E-state index contributed by atoms with van der Waals surface area (Å²) in [5.74, 6) is 3.74. The SMILES string of the molecule is C[C@@H](N[C@H]1Oc2ccc3ccccc3c2[C@@H]2C[C@@H]3C[C@@H]([C@@H]12)C3(C)C)c1ccccc1. The third kappa shape index (κ3) is 2.59. The average molecular weight is 398 g/mol. The zero-order valence-corrected chi connectivity index (χ0v) is 18.1. The molecule has 0 spiro atoms. The van der Waals surface area contributed by atoms with Crippen LogP contribution in [0.2, 0.25) is 0 Å². The fourth-order valence-electron chi connectivity index (χ4n) is 6.79. The third-order valence-corrected chi connectivity index (χ3v) is 8.63. The van der Waals surface area contributed by atoms with Gasteiger partial charge in [0.05, 0.1) is 0 Å². The zero-order valence-electron chi connectivity index (χ0n) is 18.1. The molecule has 6 atom stereocenters. The van der Waals surface area contributed by atoms with Gasteiger partial charge in [0.1, 0.15) is 5.75 Å². The van der Waals surface area contributed by atoms with E-state index in [1.807, 2.05) is 0 Å². The molecule has 2 bridgehead atoms. The summed E-state index contributed by atoms with van der Waals surface area (Å²) in [4.78, 5) is 0. The Kier molecular flexibility index (Phi) is 4.05. The van der Waals surface area contributed by atoms with E-state index in [2.05, 4.69) is 92.8 Å². The van der Waals surface area contributed by atoms with Gasteiger partial charge >= 0.3 is 0 Å². The van der Waals surface area contributed by atoms with Gasteiger partial charge in [-0.2, -0.15) is 0 Å². The van der Waals surface area contributed by atoms with E-state index in [1.54, 1.807) is 0 Å². The Hall–Kier alpha value is -2.32. The predicted octanol–water partition coefficient (Wildman–Crippen LogP) is 6.67. The van der Waals surface area contributed by atoms with Crippen molar-refractivity contribution in [1.29, 1.82) is 0 Å². The second-order valence-electron chi connectivity index (χ2n) is 10.3. The number of rotatable bonds is 3. The minimum Gasteiger partial charge on any atom is -0.475 e. The van der Waals surface area contributed by atoms with Crippen molar-refractivity contribution < 1.29 is 4.74 Å². The van der Waals surface area contributed by atoms with Crippen LogP contribution in [0, 0.1) is 23.2 Å². The molecule has 1 aliphatic heterocycles. The molecule has 0 amide bonds. The van der Waals surface area contributed by atoms with Crippen molar-refractivity contribution in [3.8, 4) is 5.75 Å². The number of benzene rings is 3. The Bertz CT molecular complexity index is 1090. The smallest absolute Gasteiger partial charge is 0.154 e. The van der Waals surface area contributed by atoms with Gasteiger partial charge in [0.15, 0.2) is 6.23 Å². The first-order valence-electron chi connectivity index (χ1n) is 11.5. The quantitative estimate of drug-likeness (QED) is 0.532. The van der Waals surface area contributed by atoms with Crippen molar-refractivity contribution in [1.82, 2.24) is 5.32 Å². The van der Waals surface area contributed by atoms with E-state index in [1.165, 1.54) is 34.7 Å². The molecule has 3 fully saturated rings. The maximum absolute atomic E-state index is 6.78. The number of hydrogen-bond donors (Lipinski definition) is 1. The average Bonchev–Trinajstić information content (AvgIpc) is 2.78. The maximum Gasteiger partial charge on any atom is 0.154 e. The van der Waals surface area contributed by atoms with Gasteiger partial charge in [0.2, 0.25) is 0 Å². The fraction of sp³-hybridized carbons (Fsp3) is 0.429. The van der Waals surface area contributed by atoms with Gasteiger partial charge < -0.3 is 4.74 Å². The molecule has 2 heteroatoms. The summed E-state index contributed by atoms with van der Waals surface area (Å²) in [6, 6.07) is 24.3. The van der Waals surface area contributed by atoms with Gasteiger partial charge in [-0.3, -0.25) is 5.32 Å². The maximum atomic E-state index is 6.78.